The van der Waals surface area contributed by atoms with Gasteiger partial charge in [0.05, 0.1) is 12.3 Å². The first kappa shape index (κ1) is 17.3. The third-order valence-corrected chi connectivity index (χ3v) is 4.28. The summed E-state index contributed by atoms with van der Waals surface area (Å²) in [5.41, 5.74) is 2.22. The number of amides is 1. The van der Waals surface area contributed by atoms with Crippen molar-refractivity contribution in [3.05, 3.63) is 77.2 Å². The quantitative estimate of drug-likeness (QED) is 0.636. The van der Waals surface area contributed by atoms with Gasteiger partial charge in [0.2, 0.25) is 0 Å². The molecule has 2 aromatic carbocycles. The Morgan fingerprint density at radius 3 is 2.32 bits per heavy atom. The smallest absolute Gasteiger partial charge is 0.258 e. The van der Waals surface area contributed by atoms with Crippen LogP contribution >= 0.6 is 15.9 Å². The highest BCUT2D eigenvalue weighted by atomic mass is 79.9. The highest BCUT2D eigenvalue weighted by Crippen LogP contribution is 2.24. The predicted octanol–water partition coefficient (Wildman–Crippen LogP) is 4.97. The lowest BCUT2D eigenvalue weighted by atomic mass is 10.1. The number of hydrogen-bond acceptors (Lipinski definition) is 3. The number of rotatable bonds is 6. The van der Waals surface area contributed by atoms with Crippen molar-refractivity contribution in [2.45, 2.75) is 13.0 Å². The van der Waals surface area contributed by atoms with E-state index in [1.165, 1.54) is 0 Å². The number of furan rings is 1. The molecule has 0 aliphatic carbocycles. The molecule has 0 saturated heterocycles. The summed E-state index contributed by atoms with van der Waals surface area (Å²) in [6.07, 6.45) is 1.58. The highest BCUT2D eigenvalue weighted by Gasteiger charge is 2.12. The number of ether oxygens (including phenoxy) is 1. The summed E-state index contributed by atoms with van der Waals surface area (Å²) >= 11 is 3.43. The largest absolute Gasteiger partial charge is 0.484 e. The summed E-state index contributed by atoms with van der Waals surface area (Å²) in [5, 5.41) is 2.83. The molecule has 0 spiro atoms. The van der Waals surface area contributed by atoms with Crippen LogP contribution in [0.25, 0.3) is 11.1 Å². The Balaban J connectivity index is 1.53. The molecule has 1 aromatic heterocycles. The van der Waals surface area contributed by atoms with E-state index in [2.05, 4.69) is 21.2 Å². The maximum atomic E-state index is 12.0. The summed E-state index contributed by atoms with van der Waals surface area (Å²) in [5.74, 6) is 1.18. The van der Waals surface area contributed by atoms with Crippen LogP contribution in [0.2, 0.25) is 0 Å². The van der Waals surface area contributed by atoms with Gasteiger partial charge in [-0.25, -0.2) is 0 Å². The normalized spacial score (nSPS) is 11.8. The van der Waals surface area contributed by atoms with E-state index in [4.69, 9.17) is 9.15 Å². The molecule has 3 rings (SSSR count). The molecule has 5 heteroatoms. The second-order valence-corrected chi connectivity index (χ2v) is 6.54. The molecule has 0 bridgehead atoms. The minimum absolute atomic E-state index is 0.0390. The summed E-state index contributed by atoms with van der Waals surface area (Å²) in [7, 11) is 0. The van der Waals surface area contributed by atoms with Crippen molar-refractivity contribution in [1.29, 1.82) is 0 Å². The molecule has 4 nitrogen and oxygen atoms in total. The Kier molecular flexibility index (Phi) is 5.56. The molecule has 1 heterocycles. The molecule has 0 fully saturated rings. The van der Waals surface area contributed by atoms with Crippen LogP contribution in [0.4, 0.5) is 0 Å². The molecule has 3 aromatic rings. The summed E-state index contributed by atoms with van der Waals surface area (Å²) < 4.78 is 11.9. The van der Waals surface area contributed by atoms with E-state index in [1.807, 2.05) is 61.5 Å². The van der Waals surface area contributed by atoms with Crippen LogP contribution in [0.1, 0.15) is 18.7 Å². The fourth-order valence-corrected chi connectivity index (χ4v) is 2.69. The maximum Gasteiger partial charge on any atom is 0.258 e. The van der Waals surface area contributed by atoms with Gasteiger partial charge in [-0.05, 0) is 54.4 Å². The van der Waals surface area contributed by atoms with E-state index in [0.717, 1.165) is 15.6 Å². The molecule has 0 unspecified atom stereocenters. The highest BCUT2D eigenvalue weighted by molar-refractivity contribution is 9.10. The van der Waals surface area contributed by atoms with Gasteiger partial charge in [0.25, 0.3) is 5.91 Å². The third kappa shape index (κ3) is 4.73. The molecular formula is C20H18BrNO3. The van der Waals surface area contributed by atoms with Gasteiger partial charge in [-0.15, -0.1) is 0 Å². The molecule has 1 N–H and O–H groups in total. The summed E-state index contributed by atoms with van der Waals surface area (Å²) in [6, 6.07) is 19.2. The number of carbonyl (C=O) groups excluding carboxylic acids is 1. The Hall–Kier alpha value is -2.53. The van der Waals surface area contributed by atoms with Crippen molar-refractivity contribution in [2.75, 3.05) is 6.61 Å². The van der Waals surface area contributed by atoms with Crippen molar-refractivity contribution in [2.24, 2.45) is 0 Å². The van der Waals surface area contributed by atoms with Gasteiger partial charge < -0.3 is 14.5 Å². The molecule has 0 aliphatic heterocycles. The van der Waals surface area contributed by atoms with Crippen molar-refractivity contribution in [3.8, 4) is 16.9 Å². The average molecular weight is 400 g/mol. The van der Waals surface area contributed by atoms with Gasteiger partial charge >= 0.3 is 0 Å². The number of halogens is 1. The molecule has 0 aliphatic rings. The van der Waals surface area contributed by atoms with Crippen LogP contribution in [0.5, 0.6) is 5.75 Å². The predicted molar refractivity (Wildman–Crippen MR) is 100 cm³/mol. The third-order valence-electron chi connectivity index (χ3n) is 3.75. The minimum atomic E-state index is -0.194. The molecule has 1 amide bonds. The van der Waals surface area contributed by atoms with Crippen LogP contribution in [0, 0.1) is 0 Å². The fourth-order valence-electron chi connectivity index (χ4n) is 2.43. The van der Waals surface area contributed by atoms with Crippen molar-refractivity contribution >= 4 is 21.8 Å². The van der Waals surface area contributed by atoms with Gasteiger partial charge in [-0.1, -0.05) is 40.2 Å². The molecule has 1 atom stereocenters. The number of hydrogen-bond donors (Lipinski definition) is 1. The SMILES string of the molecule is C[C@@H](NC(=O)COc1ccc(-c2ccc(Br)cc2)cc1)c1ccco1. The zero-order chi connectivity index (χ0) is 17.6. The zero-order valence-corrected chi connectivity index (χ0v) is 15.3. The van der Waals surface area contributed by atoms with Gasteiger partial charge in [0, 0.05) is 4.47 Å². The van der Waals surface area contributed by atoms with Crippen molar-refractivity contribution < 1.29 is 13.9 Å². The van der Waals surface area contributed by atoms with E-state index < -0.39 is 0 Å². The van der Waals surface area contributed by atoms with Crippen LogP contribution < -0.4 is 10.1 Å². The monoisotopic (exact) mass is 399 g/mol. The van der Waals surface area contributed by atoms with Crippen LogP contribution in [-0.2, 0) is 4.79 Å². The maximum absolute atomic E-state index is 12.0. The van der Waals surface area contributed by atoms with E-state index in [9.17, 15) is 4.79 Å². The standard InChI is InChI=1S/C20H18BrNO3/c1-14(19-3-2-12-24-19)22-20(23)13-25-18-10-6-16(7-11-18)15-4-8-17(21)9-5-15/h2-12,14H,13H2,1H3,(H,22,23)/t14-/m1/s1. The summed E-state index contributed by atoms with van der Waals surface area (Å²) in [6.45, 7) is 1.83. The minimum Gasteiger partial charge on any atom is -0.484 e. The lowest BCUT2D eigenvalue weighted by molar-refractivity contribution is -0.123. The lowest BCUT2D eigenvalue weighted by Crippen LogP contribution is -2.31. The van der Waals surface area contributed by atoms with Crippen molar-refractivity contribution in [1.82, 2.24) is 5.32 Å². The first-order valence-electron chi connectivity index (χ1n) is 7.93. The molecule has 25 heavy (non-hydrogen) atoms. The zero-order valence-electron chi connectivity index (χ0n) is 13.7. The van der Waals surface area contributed by atoms with Crippen molar-refractivity contribution in [3.63, 3.8) is 0 Å². The Bertz CT molecular complexity index is 811. The van der Waals surface area contributed by atoms with Gasteiger partial charge in [-0.2, -0.15) is 0 Å². The second-order valence-electron chi connectivity index (χ2n) is 5.62. The number of carbonyl (C=O) groups is 1. The topological polar surface area (TPSA) is 51.5 Å². The molecule has 128 valence electrons. The van der Waals surface area contributed by atoms with E-state index in [1.54, 1.807) is 12.3 Å². The Morgan fingerprint density at radius 2 is 1.72 bits per heavy atom. The van der Waals surface area contributed by atoms with Crippen LogP contribution in [-0.4, -0.2) is 12.5 Å². The Labute approximate surface area is 154 Å². The first-order chi connectivity index (χ1) is 12.1. The number of benzene rings is 2. The van der Waals surface area contributed by atoms with Gasteiger partial charge in [-0.3, -0.25) is 4.79 Å². The molecule has 0 radical (unpaired) electrons. The second kappa shape index (κ2) is 8.03. The Morgan fingerprint density at radius 1 is 1.08 bits per heavy atom. The number of nitrogens with one attached hydrogen (secondary N) is 1. The van der Waals surface area contributed by atoms with Gasteiger partial charge in [0.15, 0.2) is 6.61 Å². The fraction of sp³-hybridized carbons (Fsp3) is 0.150. The summed E-state index contributed by atoms with van der Waals surface area (Å²) in [4.78, 5) is 12.0. The van der Waals surface area contributed by atoms with E-state index >= 15 is 0 Å². The van der Waals surface area contributed by atoms with E-state index in [-0.39, 0.29) is 18.6 Å². The average Bonchev–Trinajstić information content (AvgIpc) is 3.16. The molecule has 0 saturated carbocycles. The van der Waals surface area contributed by atoms with Crippen LogP contribution in [0.15, 0.2) is 75.8 Å². The van der Waals surface area contributed by atoms with Gasteiger partial charge in [0.1, 0.15) is 11.5 Å². The molecular weight excluding hydrogens is 382 g/mol. The first-order valence-corrected chi connectivity index (χ1v) is 8.73. The van der Waals surface area contributed by atoms with E-state index in [0.29, 0.717) is 11.5 Å². The van der Waals surface area contributed by atoms with Crippen LogP contribution in [0.3, 0.4) is 0 Å². The lowest BCUT2D eigenvalue weighted by Gasteiger charge is -2.12.